The molecule has 0 saturated heterocycles. The predicted molar refractivity (Wildman–Crippen MR) is 106 cm³/mol. The molecule has 8 heteroatoms. The third-order valence-electron chi connectivity index (χ3n) is 4.19. The van der Waals surface area contributed by atoms with Gasteiger partial charge in [-0.25, -0.2) is 9.97 Å². The first-order valence-electron chi connectivity index (χ1n) is 8.82. The summed E-state index contributed by atoms with van der Waals surface area (Å²) in [6, 6.07) is 17.3. The Morgan fingerprint density at radius 1 is 0.929 bits per heavy atom. The van der Waals surface area contributed by atoms with Crippen LogP contribution in [-0.4, -0.2) is 61.5 Å². The zero-order chi connectivity index (χ0) is 19.9. The number of aliphatic hydroxyl groups is 4. The average Bonchev–Trinajstić information content (AvgIpc) is 2.73. The van der Waals surface area contributed by atoms with Gasteiger partial charge in [0.15, 0.2) is 5.82 Å². The van der Waals surface area contributed by atoms with Crippen molar-refractivity contribution in [2.24, 2.45) is 5.10 Å². The maximum absolute atomic E-state index is 9.83. The third-order valence-corrected chi connectivity index (χ3v) is 4.19. The fourth-order valence-corrected chi connectivity index (χ4v) is 2.64. The van der Waals surface area contributed by atoms with E-state index < -0.39 is 24.9 Å². The first-order chi connectivity index (χ1) is 13.6. The van der Waals surface area contributed by atoms with E-state index in [1.807, 2.05) is 54.6 Å². The molecule has 0 fully saturated rings. The van der Waals surface area contributed by atoms with Crippen molar-refractivity contribution in [3.8, 4) is 0 Å². The normalized spacial score (nSPS) is 14.9. The lowest BCUT2D eigenvalue weighted by molar-refractivity contribution is -0.0541. The standard InChI is InChI=1S/C20H22N4O4/c25-12-18(27)19(28)17(26)11-21-24-20-16(10-13-6-2-1-3-7-13)22-14-8-4-5-9-15(14)23-20/h1-9,11,17-19,25-28H,10,12H2,(H,23,24)/b21-11+/t17-,18-,19+/m1/s1. The van der Waals surface area contributed by atoms with E-state index in [-0.39, 0.29) is 0 Å². The molecule has 0 aliphatic carbocycles. The zero-order valence-corrected chi connectivity index (χ0v) is 15.1. The summed E-state index contributed by atoms with van der Waals surface area (Å²) in [5.74, 6) is 0.420. The van der Waals surface area contributed by atoms with Crippen molar-refractivity contribution < 1.29 is 20.4 Å². The lowest BCUT2D eigenvalue weighted by atomic mass is 10.1. The number of aliphatic hydroxyl groups excluding tert-OH is 4. The van der Waals surface area contributed by atoms with Crippen molar-refractivity contribution in [1.82, 2.24) is 9.97 Å². The van der Waals surface area contributed by atoms with Crippen LogP contribution in [0.4, 0.5) is 5.82 Å². The number of hydrogen-bond donors (Lipinski definition) is 5. The van der Waals surface area contributed by atoms with Crippen molar-refractivity contribution in [3.63, 3.8) is 0 Å². The van der Waals surface area contributed by atoms with Crippen molar-refractivity contribution in [2.45, 2.75) is 24.7 Å². The lowest BCUT2D eigenvalue weighted by Gasteiger charge is -2.18. The van der Waals surface area contributed by atoms with Crippen LogP contribution in [0.2, 0.25) is 0 Å². The second kappa shape index (κ2) is 9.34. The van der Waals surface area contributed by atoms with E-state index in [0.717, 1.165) is 17.3 Å². The van der Waals surface area contributed by atoms with Gasteiger partial charge in [-0.15, -0.1) is 0 Å². The summed E-state index contributed by atoms with van der Waals surface area (Å²) in [5, 5.41) is 41.6. The van der Waals surface area contributed by atoms with Gasteiger partial charge < -0.3 is 20.4 Å². The SMILES string of the molecule is OC[C@@H](O)[C@@H](O)[C@H](O)/C=N/Nc1nc2ccccc2nc1Cc1ccccc1. The highest BCUT2D eigenvalue weighted by Crippen LogP contribution is 2.20. The Bertz CT molecular complexity index is 936. The molecule has 0 aliphatic rings. The van der Waals surface area contributed by atoms with E-state index in [1.165, 1.54) is 0 Å². The van der Waals surface area contributed by atoms with E-state index in [1.54, 1.807) is 0 Å². The minimum absolute atomic E-state index is 0.420. The van der Waals surface area contributed by atoms with Gasteiger partial charge in [0.1, 0.15) is 18.3 Å². The second-order valence-corrected chi connectivity index (χ2v) is 6.29. The Morgan fingerprint density at radius 3 is 2.25 bits per heavy atom. The fourth-order valence-electron chi connectivity index (χ4n) is 2.64. The maximum Gasteiger partial charge on any atom is 0.169 e. The van der Waals surface area contributed by atoms with Crippen LogP contribution in [0.5, 0.6) is 0 Å². The van der Waals surface area contributed by atoms with Crippen LogP contribution in [-0.2, 0) is 6.42 Å². The predicted octanol–water partition coefficient (Wildman–Crippen LogP) is 0.693. The van der Waals surface area contributed by atoms with Crippen LogP contribution in [0, 0.1) is 0 Å². The van der Waals surface area contributed by atoms with Crippen LogP contribution in [0.1, 0.15) is 11.3 Å². The van der Waals surface area contributed by atoms with Crippen LogP contribution in [0.15, 0.2) is 59.7 Å². The molecule has 28 heavy (non-hydrogen) atoms. The molecule has 0 amide bonds. The highest BCUT2D eigenvalue weighted by Gasteiger charge is 2.22. The van der Waals surface area contributed by atoms with Gasteiger partial charge in [0.05, 0.1) is 29.5 Å². The van der Waals surface area contributed by atoms with Gasteiger partial charge in [0.2, 0.25) is 0 Å². The number of nitrogens with zero attached hydrogens (tertiary/aromatic N) is 3. The summed E-state index contributed by atoms with van der Waals surface area (Å²) in [4.78, 5) is 9.20. The Labute approximate surface area is 161 Å². The maximum atomic E-state index is 9.83. The number of hydrogen-bond acceptors (Lipinski definition) is 8. The van der Waals surface area contributed by atoms with Crippen LogP contribution < -0.4 is 5.43 Å². The summed E-state index contributed by atoms with van der Waals surface area (Å²) >= 11 is 0. The topological polar surface area (TPSA) is 131 Å². The van der Waals surface area contributed by atoms with Crippen LogP contribution in [0.3, 0.4) is 0 Å². The van der Waals surface area contributed by atoms with Gasteiger partial charge in [-0.05, 0) is 17.7 Å². The molecule has 8 nitrogen and oxygen atoms in total. The zero-order valence-electron chi connectivity index (χ0n) is 15.1. The third kappa shape index (κ3) is 4.87. The molecule has 0 saturated carbocycles. The monoisotopic (exact) mass is 382 g/mol. The number of aromatic nitrogens is 2. The van der Waals surface area contributed by atoms with E-state index in [2.05, 4.69) is 20.5 Å². The summed E-state index contributed by atoms with van der Waals surface area (Å²) < 4.78 is 0. The second-order valence-electron chi connectivity index (χ2n) is 6.29. The number of nitrogens with one attached hydrogen (secondary N) is 1. The highest BCUT2D eigenvalue weighted by molar-refractivity contribution is 5.76. The van der Waals surface area contributed by atoms with Gasteiger partial charge >= 0.3 is 0 Å². The molecule has 0 radical (unpaired) electrons. The van der Waals surface area contributed by atoms with Gasteiger partial charge in [0.25, 0.3) is 0 Å². The number of rotatable bonds is 8. The largest absolute Gasteiger partial charge is 0.394 e. The van der Waals surface area contributed by atoms with E-state index >= 15 is 0 Å². The van der Waals surface area contributed by atoms with Gasteiger partial charge in [-0.1, -0.05) is 42.5 Å². The molecular formula is C20H22N4O4. The quantitative estimate of drug-likeness (QED) is 0.286. The first kappa shape index (κ1) is 19.8. The van der Waals surface area contributed by atoms with Crippen molar-refractivity contribution in [1.29, 1.82) is 0 Å². The molecule has 3 rings (SSSR count). The smallest absolute Gasteiger partial charge is 0.169 e. The molecule has 2 aromatic carbocycles. The Morgan fingerprint density at radius 2 is 1.57 bits per heavy atom. The van der Waals surface area contributed by atoms with Crippen molar-refractivity contribution in [2.75, 3.05) is 12.0 Å². The molecule has 0 aliphatic heterocycles. The number of fused-ring (bicyclic) bond motifs is 1. The first-order valence-corrected chi connectivity index (χ1v) is 8.82. The fraction of sp³-hybridized carbons (Fsp3) is 0.250. The minimum atomic E-state index is -1.55. The summed E-state index contributed by atoms with van der Waals surface area (Å²) in [6.07, 6.45) is -2.91. The van der Waals surface area contributed by atoms with Crippen LogP contribution in [0.25, 0.3) is 11.0 Å². The number of benzene rings is 2. The molecule has 1 heterocycles. The molecule has 0 bridgehead atoms. The summed E-state index contributed by atoms with van der Waals surface area (Å²) in [5.41, 5.74) is 5.92. The van der Waals surface area contributed by atoms with Gasteiger partial charge in [-0.2, -0.15) is 5.10 Å². The van der Waals surface area contributed by atoms with Crippen LogP contribution >= 0.6 is 0 Å². The van der Waals surface area contributed by atoms with Gasteiger partial charge in [0, 0.05) is 6.42 Å². The molecule has 0 spiro atoms. The van der Waals surface area contributed by atoms with Crippen molar-refractivity contribution >= 4 is 23.1 Å². The molecule has 1 aromatic heterocycles. The number of hydrazone groups is 1. The minimum Gasteiger partial charge on any atom is -0.394 e. The molecular weight excluding hydrogens is 360 g/mol. The average molecular weight is 382 g/mol. The molecule has 0 unspecified atom stereocenters. The summed E-state index contributed by atoms with van der Waals surface area (Å²) in [6.45, 7) is -0.670. The molecule has 3 aromatic rings. The Balaban J connectivity index is 1.84. The lowest BCUT2D eigenvalue weighted by Crippen LogP contribution is -2.40. The van der Waals surface area contributed by atoms with E-state index in [4.69, 9.17) is 5.11 Å². The molecule has 146 valence electrons. The van der Waals surface area contributed by atoms with E-state index in [9.17, 15) is 15.3 Å². The van der Waals surface area contributed by atoms with E-state index in [0.29, 0.717) is 23.4 Å². The number of para-hydroxylation sites is 2. The van der Waals surface area contributed by atoms with Gasteiger partial charge in [-0.3, -0.25) is 5.43 Å². The summed E-state index contributed by atoms with van der Waals surface area (Å²) in [7, 11) is 0. The Hall–Kier alpha value is -2.91. The number of anilines is 1. The Kier molecular flexibility index (Phi) is 6.62. The molecule has 3 atom stereocenters. The van der Waals surface area contributed by atoms with Crippen molar-refractivity contribution in [3.05, 3.63) is 65.9 Å². The highest BCUT2D eigenvalue weighted by atomic mass is 16.4. The molecule has 5 N–H and O–H groups in total.